The molecule has 1 heterocycles. The molecule has 0 spiro atoms. The van der Waals surface area contributed by atoms with E-state index in [1.807, 2.05) is 38.4 Å². The SMILES string of the molecule is CNc1nc(CCc2ccc(Cl)cc2)nn1C. The van der Waals surface area contributed by atoms with Crippen molar-refractivity contribution in [1.29, 1.82) is 0 Å². The fourth-order valence-electron chi connectivity index (χ4n) is 1.67. The number of hydrogen-bond acceptors (Lipinski definition) is 3. The van der Waals surface area contributed by atoms with Crippen molar-refractivity contribution in [2.45, 2.75) is 12.8 Å². The van der Waals surface area contributed by atoms with E-state index in [9.17, 15) is 0 Å². The monoisotopic (exact) mass is 250 g/mol. The Bertz CT molecular complexity index is 490. The molecule has 4 nitrogen and oxygen atoms in total. The van der Waals surface area contributed by atoms with Crippen molar-refractivity contribution in [3.8, 4) is 0 Å². The van der Waals surface area contributed by atoms with Gasteiger partial charge in [0.15, 0.2) is 5.82 Å². The zero-order valence-corrected chi connectivity index (χ0v) is 10.7. The quantitative estimate of drug-likeness (QED) is 0.906. The number of halogens is 1. The molecule has 0 fully saturated rings. The molecule has 1 N–H and O–H groups in total. The van der Waals surface area contributed by atoms with E-state index in [4.69, 9.17) is 11.6 Å². The molecule has 2 rings (SSSR count). The summed E-state index contributed by atoms with van der Waals surface area (Å²) in [5, 5.41) is 8.09. The lowest BCUT2D eigenvalue weighted by Gasteiger charge is -1.98. The lowest BCUT2D eigenvalue weighted by Crippen LogP contribution is -1.99. The van der Waals surface area contributed by atoms with Crippen LogP contribution in [0.1, 0.15) is 11.4 Å². The van der Waals surface area contributed by atoms with Crippen molar-refractivity contribution in [2.75, 3.05) is 12.4 Å². The average molecular weight is 251 g/mol. The van der Waals surface area contributed by atoms with Gasteiger partial charge in [0.25, 0.3) is 0 Å². The Morgan fingerprint density at radius 1 is 1.24 bits per heavy atom. The number of benzene rings is 1. The van der Waals surface area contributed by atoms with Gasteiger partial charge >= 0.3 is 0 Å². The highest BCUT2D eigenvalue weighted by Gasteiger charge is 2.05. The Hall–Kier alpha value is -1.55. The maximum Gasteiger partial charge on any atom is 0.220 e. The summed E-state index contributed by atoms with van der Waals surface area (Å²) in [6.45, 7) is 0. The van der Waals surface area contributed by atoms with Crippen molar-refractivity contribution in [3.05, 3.63) is 40.7 Å². The standard InChI is InChI=1S/C12H15ClN4/c1-14-12-15-11(16-17(12)2)8-5-9-3-6-10(13)7-4-9/h3-4,6-7H,5,8H2,1-2H3,(H,14,15,16). The lowest BCUT2D eigenvalue weighted by atomic mass is 10.1. The minimum Gasteiger partial charge on any atom is -0.358 e. The molecule has 1 aromatic heterocycles. The van der Waals surface area contributed by atoms with E-state index in [1.165, 1.54) is 5.56 Å². The van der Waals surface area contributed by atoms with E-state index >= 15 is 0 Å². The number of aromatic nitrogens is 3. The fourth-order valence-corrected chi connectivity index (χ4v) is 1.79. The van der Waals surface area contributed by atoms with Crippen LogP contribution in [0, 0.1) is 0 Å². The second-order valence-electron chi connectivity index (χ2n) is 3.85. The van der Waals surface area contributed by atoms with Crippen LogP contribution in [0.5, 0.6) is 0 Å². The van der Waals surface area contributed by atoms with E-state index in [-0.39, 0.29) is 0 Å². The third-order valence-electron chi connectivity index (χ3n) is 2.58. The third-order valence-corrected chi connectivity index (χ3v) is 2.83. The summed E-state index contributed by atoms with van der Waals surface area (Å²) in [6, 6.07) is 7.87. The summed E-state index contributed by atoms with van der Waals surface area (Å²) in [6.07, 6.45) is 1.75. The molecule has 0 saturated carbocycles. The molecule has 0 bridgehead atoms. The molecule has 0 saturated heterocycles. The average Bonchev–Trinajstić information content (AvgIpc) is 2.69. The zero-order valence-electron chi connectivity index (χ0n) is 9.94. The Kier molecular flexibility index (Phi) is 3.64. The van der Waals surface area contributed by atoms with Gasteiger partial charge in [0.1, 0.15) is 0 Å². The van der Waals surface area contributed by atoms with E-state index in [0.717, 1.165) is 29.6 Å². The highest BCUT2D eigenvalue weighted by Crippen LogP contribution is 2.11. The van der Waals surface area contributed by atoms with Gasteiger partial charge in [-0.05, 0) is 24.1 Å². The number of nitrogens with zero attached hydrogens (tertiary/aromatic N) is 3. The van der Waals surface area contributed by atoms with Gasteiger partial charge in [0, 0.05) is 25.5 Å². The number of rotatable bonds is 4. The summed E-state index contributed by atoms with van der Waals surface area (Å²) >= 11 is 5.84. The molecular formula is C12H15ClN4. The van der Waals surface area contributed by atoms with Crippen LogP contribution in [-0.4, -0.2) is 21.8 Å². The van der Waals surface area contributed by atoms with Crippen LogP contribution in [0.25, 0.3) is 0 Å². The summed E-state index contributed by atoms with van der Waals surface area (Å²) < 4.78 is 1.75. The molecule has 5 heteroatoms. The molecule has 0 radical (unpaired) electrons. The van der Waals surface area contributed by atoms with E-state index in [1.54, 1.807) is 4.68 Å². The van der Waals surface area contributed by atoms with Crippen LogP contribution in [0.4, 0.5) is 5.95 Å². The van der Waals surface area contributed by atoms with Crippen molar-refractivity contribution >= 4 is 17.5 Å². The first-order valence-corrected chi connectivity index (χ1v) is 5.89. The topological polar surface area (TPSA) is 42.7 Å². The van der Waals surface area contributed by atoms with Crippen LogP contribution < -0.4 is 5.32 Å². The van der Waals surface area contributed by atoms with Crippen LogP contribution in [0.3, 0.4) is 0 Å². The lowest BCUT2D eigenvalue weighted by molar-refractivity contribution is 0.741. The molecule has 90 valence electrons. The molecule has 17 heavy (non-hydrogen) atoms. The minimum atomic E-state index is 0.766. The normalized spacial score (nSPS) is 10.5. The van der Waals surface area contributed by atoms with E-state index in [2.05, 4.69) is 15.4 Å². The van der Waals surface area contributed by atoms with Crippen LogP contribution in [0.2, 0.25) is 5.02 Å². The van der Waals surface area contributed by atoms with Gasteiger partial charge in [0.2, 0.25) is 5.95 Å². The second kappa shape index (κ2) is 5.19. The Balaban J connectivity index is 1.99. The molecule has 2 aromatic rings. The molecule has 0 aliphatic heterocycles. The summed E-state index contributed by atoms with van der Waals surface area (Å²) in [5.41, 5.74) is 1.24. The van der Waals surface area contributed by atoms with Gasteiger partial charge in [-0.2, -0.15) is 10.1 Å². The van der Waals surface area contributed by atoms with Crippen LogP contribution in [-0.2, 0) is 19.9 Å². The largest absolute Gasteiger partial charge is 0.358 e. The fraction of sp³-hybridized carbons (Fsp3) is 0.333. The van der Waals surface area contributed by atoms with Gasteiger partial charge in [-0.3, -0.25) is 0 Å². The smallest absolute Gasteiger partial charge is 0.220 e. The number of anilines is 1. The highest BCUT2D eigenvalue weighted by molar-refractivity contribution is 6.30. The predicted octanol–water partition coefficient (Wildman–Crippen LogP) is 2.30. The first-order chi connectivity index (χ1) is 8.19. The Labute approximate surface area is 106 Å². The summed E-state index contributed by atoms with van der Waals surface area (Å²) in [7, 11) is 3.72. The molecule has 0 aliphatic carbocycles. The van der Waals surface area contributed by atoms with Crippen molar-refractivity contribution in [2.24, 2.45) is 7.05 Å². The van der Waals surface area contributed by atoms with Gasteiger partial charge in [-0.25, -0.2) is 4.68 Å². The van der Waals surface area contributed by atoms with E-state index in [0.29, 0.717) is 0 Å². The van der Waals surface area contributed by atoms with Crippen LogP contribution in [0.15, 0.2) is 24.3 Å². The van der Waals surface area contributed by atoms with Gasteiger partial charge in [-0.1, -0.05) is 23.7 Å². The molecule has 0 unspecified atom stereocenters. The van der Waals surface area contributed by atoms with Crippen molar-refractivity contribution < 1.29 is 0 Å². The van der Waals surface area contributed by atoms with Gasteiger partial charge in [-0.15, -0.1) is 0 Å². The maximum absolute atomic E-state index is 5.84. The molecule has 0 aliphatic rings. The summed E-state index contributed by atoms with van der Waals surface area (Å²) in [5.74, 6) is 1.64. The maximum atomic E-state index is 5.84. The predicted molar refractivity (Wildman–Crippen MR) is 69.4 cm³/mol. The summed E-state index contributed by atoms with van der Waals surface area (Å²) in [4.78, 5) is 4.38. The number of nitrogens with one attached hydrogen (secondary N) is 1. The second-order valence-corrected chi connectivity index (χ2v) is 4.29. The molecule has 0 atom stereocenters. The van der Waals surface area contributed by atoms with Gasteiger partial charge < -0.3 is 5.32 Å². The van der Waals surface area contributed by atoms with Crippen molar-refractivity contribution in [1.82, 2.24) is 14.8 Å². The van der Waals surface area contributed by atoms with Crippen molar-refractivity contribution in [3.63, 3.8) is 0 Å². The molecule has 0 amide bonds. The Morgan fingerprint density at radius 2 is 1.94 bits per heavy atom. The molecule has 1 aromatic carbocycles. The minimum absolute atomic E-state index is 0.766. The first-order valence-electron chi connectivity index (χ1n) is 5.51. The zero-order chi connectivity index (χ0) is 12.3. The van der Waals surface area contributed by atoms with Gasteiger partial charge in [0.05, 0.1) is 0 Å². The highest BCUT2D eigenvalue weighted by atomic mass is 35.5. The number of aryl methyl sites for hydroxylation is 3. The van der Waals surface area contributed by atoms with E-state index < -0.39 is 0 Å². The Morgan fingerprint density at radius 3 is 2.53 bits per heavy atom. The molecular weight excluding hydrogens is 236 g/mol. The number of hydrogen-bond donors (Lipinski definition) is 1. The third kappa shape index (κ3) is 2.97. The first kappa shape index (κ1) is 11.9. The van der Waals surface area contributed by atoms with Crippen LogP contribution >= 0.6 is 11.6 Å².